The first-order valence-electron chi connectivity index (χ1n) is 4.43. The highest BCUT2D eigenvalue weighted by atomic mass is 127. The summed E-state index contributed by atoms with van der Waals surface area (Å²) in [5, 5.41) is 7.45. The Bertz CT molecular complexity index is 250. The van der Waals surface area contributed by atoms with Crippen LogP contribution in [-0.4, -0.2) is 24.9 Å². The number of hydrogen-bond acceptors (Lipinski definition) is 4. The summed E-state index contributed by atoms with van der Waals surface area (Å²) < 4.78 is 2.12. The highest BCUT2D eigenvalue weighted by molar-refractivity contribution is 14.2. The Balaban J connectivity index is 3.61. The molecule has 0 saturated heterocycles. The molecule has 0 aliphatic heterocycles. The zero-order chi connectivity index (χ0) is 11.4. The van der Waals surface area contributed by atoms with E-state index in [4.69, 9.17) is 5.73 Å². The van der Waals surface area contributed by atoms with Crippen LogP contribution >= 0.6 is 28.4 Å². The number of allylic oxidation sites excluding steroid dienone is 4. The van der Waals surface area contributed by atoms with Crippen LogP contribution in [0.4, 0.5) is 0 Å². The summed E-state index contributed by atoms with van der Waals surface area (Å²) in [4.78, 5) is 0. The number of hydrogen-bond donors (Lipinski definition) is 1. The Morgan fingerprint density at radius 3 is 2.67 bits per heavy atom. The van der Waals surface area contributed by atoms with Crippen LogP contribution in [0.1, 0.15) is 0 Å². The number of azo groups is 1. The number of nitrogens with zero attached hydrogens (tertiary/aromatic N) is 3. The molecule has 0 saturated carbocycles. The summed E-state index contributed by atoms with van der Waals surface area (Å²) >= 11 is 2.33. The molecule has 0 heterocycles. The van der Waals surface area contributed by atoms with E-state index in [0.717, 1.165) is 6.37 Å². The zero-order valence-electron chi connectivity index (χ0n) is 8.68. The Labute approximate surface area is 106 Å². The van der Waals surface area contributed by atoms with Crippen molar-refractivity contribution in [1.82, 2.24) is 4.67 Å². The number of halogens is 1. The maximum absolute atomic E-state index is 5.14. The Hall–Kier alpha value is -0.260. The molecule has 0 bridgehead atoms. The smallest absolute Gasteiger partial charge is 0.107 e. The molecule has 84 valence electrons. The van der Waals surface area contributed by atoms with Gasteiger partial charge in [-0.05, 0) is 28.1 Å². The monoisotopic (exact) mass is 338 g/mol. The van der Waals surface area contributed by atoms with Crippen molar-refractivity contribution in [2.45, 2.75) is 0 Å². The molecule has 0 aromatic carbocycles. The second kappa shape index (κ2) is 11.8. The maximum Gasteiger partial charge on any atom is 0.107 e. The predicted octanol–water partition coefficient (Wildman–Crippen LogP) is 2.86. The van der Waals surface area contributed by atoms with Crippen molar-refractivity contribution in [3.05, 3.63) is 36.6 Å². The Kier molecular flexibility index (Phi) is 11.6. The van der Waals surface area contributed by atoms with Crippen LogP contribution in [-0.2, 0) is 0 Å². The minimum Gasteiger partial charge on any atom is -0.354 e. The van der Waals surface area contributed by atoms with Crippen molar-refractivity contribution in [3.8, 4) is 0 Å². The Morgan fingerprint density at radius 1 is 1.27 bits per heavy atom. The van der Waals surface area contributed by atoms with Gasteiger partial charge in [0.2, 0.25) is 0 Å². The van der Waals surface area contributed by atoms with Crippen LogP contribution in [0.25, 0.3) is 0 Å². The molecule has 6 heteroatoms. The molecule has 4 nitrogen and oxygen atoms in total. The van der Waals surface area contributed by atoms with Gasteiger partial charge in [0, 0.05) is 19.6 Å². The minimum atomic E-state index is 0.260. The molecule has 1 atom stereocenters. The average molecular weight is 338 g/mol. The lowest BCUT2D eigenvalue weighted by molar-refractivity contribution is 0.774. The molecule has 0 radical (unpaired) electrons. The summed E-state index contributed by atoms with van der Waals surface area (Å²) in [6.07, 6.45) is 12.6. The SMILES string of the molecule is CN(/C=C/C=C/C=C/CN=NCN)PI. The first-order valence-corrected chi connectivity index (χ1v) is 8.50. The van der Waals surface area contributed by atoms with Crippen molar-refractivity contribution in [2.75, 3.05) is 20.3 Å². The Morgan fingerprint density at radius 2 is 2.00 bits per heavy atom. The van der Waals surface area contributed by atoms with Crippen molar-refractivity contribution >= 4 is 28.4 Å². The van der Waals surface area contributed by atoms with Gasteiger partial charge in [-0.1, -0.05) is 24.3 Å². The molecular formula is C9H16IN4P. The fourth-order valence-corrected chi connectivity index (χ4v) is 1.26. The second-order valence-corrected chi connectivity index (χ2v) is 4.82. The van der Waals surface area contributed by atoms with Crippen LogP contribution < -0.4 is 5.73 Å². The third kappa shape index (κ3) is 11.7. The zero-order valence-corrected chi connectivity index (χ0v) is 11.8. The highest BCUT2D eigenvalue weighted by Crippen LogP contribution is 2.24. The van der Waals surface area contributed by atoms with Crippen molar-refractivity contribution in [1.29, 1.82) is 0 Å². The minimum absolute atomic E-state index is 0.260. The molecule has 0 aliphatic rings. The molecular weight excluding hydrogens is 322 g/mol. The molecule has 0 rings (SSSR count). The molecule has 1 unspecified atom stereocenters. The van der Waals surface area contributed by atoms with E-state index in [2.05, 4.69) is 36.9 Å². The normalized spacial score (nSPS) is 13.5. The van der Waals surface area contributed by atoms with E-state index >= 15 is 0 Å². The quantitative estimate of drug-likeness (QED) is 0.336. The van der Waals surface area contributed by atoms with E-state index in [9.17, 15) is 0 Å². The first kappa shape index (κ1) is 14.7. The molecule has 0 amide bonds. The molecule has 0 aromatic rings. The van der Waals surface area contributed by atoms with E-state index in [1.165, 1.54) is 0 Å². The van der Waals surface area contributed by atoms with Crippen LogP contribution in [0.3, 0.4) is 0 Å². The summed E-state index contributed by atoms with van der Waals surface area (Å²) in [5.74, 6) is 0. The van der Waals surface area contributed by atoms with Crippen LogP contribution in [0.15, 0.2) is 46.8 Å². The second-order valence-electron chi connectivity index (χ2n) is 2.50. The van der Waals surface area contributed by atoms with Gasteiger partial charge < -0.3 is 10.4 Å². The molecule has 15 heavy (non-hydrogen) atoms. The fraction of sp³-hybridized carbons (Fsp3) is 0.333. The lowest BCUT2D eigenvalue weighted by Gasteiger charge is -2.05. The van der Waals surface area contributed by atoms with Gasteiger partial charge >= 0.3 is 0 Å². The topological polar surface area (TPSA) is 54.0 Å². The number of rotatable bonds is 7. The molecule has 0 spiro atoms. The van der Waals surface area contributed by atoms with E-state index in [1.807, 2.05) is 43.6 Å². The van der Waals surface area contributed by atoms with E-state index in [0.29, 0.717) is 6.54 Å². The largest absolute Gasteiger partial charge is 0.354 e. The van der Waals surface area contributed by atoms with Crippen LogP contribution in [0.5, 0.6) is 0 Å². The van der Waals surface area contributed by atoms with Gasteiger partial charge in [-0.3, -0.25) is 0 Å². The van der Waals surface area contributed by atoms with Gasteiger partial charge in [-0.2, -0.15) is 10.2 Å². The van der Waals surface area contributed by atoms with Gasteiger partial charge in [0.05, 0.1) is 6.54 Å². The van der Waals surface area contributed by atoms with Gasteiger partial charge in [-0.15, -0.1) is 0 Å². The van der Waals surface area contributed by atoms with Crippen molar-refractivity contribution < 1.29 is 0 Å². The predicted molar refractivity (Wildman–Crippen MR) is 76.3 cm³/mol. The lowest BCUT2D eigenvalue weighted by Crippen LogP contribution is -1.91. The van der Waals surface area contributed by atoms with E-state index in [1.54, 1.807) is 0 Å². The van der Waals surface area contributed by atoms with E-state index < -0.39 is 0 Å². The van der Waals surface area contributed by atoms with E-state index in [-0.39, 0.29) is 6.67 Å². The molecule has 0 aromatic heterocycles. The standard InChI is InChI=1S/C9H16IN4P/c1-14(15-10)8-6-4-2-3-5-7-12-13-9-11/h2-6,8,15H,7,9,11H2,1H3/b4-2+,5-3+,8-6+,13-12?. The summed E-state index contributed by atoms with van der Waals surface area (Å²) in [7, 11) is 2.04. The van der Waals surface area contributed by atoms with Gasteiger partial charge in [0.25, 0.3) is 0 Å². The van der Waals surface area contributed by atoms with Crippen molar-refractivity contribution in [2.24, 2.45) is 16.0 Å². The van der Waals surface area contributed by atoms with Gasteiger partial charge in [0.15, 0.2) is 0 Å². The third-order valence-electron chi connectivity index (χ3n) is 1.28. The summed E-state index contributed by atoms with van der Waals surface area (Å²) in [5.41, 5.74) is 5.14. The molecule has 2 N–H and O–H groups in total. The third-order valence-corrected chi connectivity index (χ3v) is 3.98. The maximum atomic E-state index is 5.14. The fourth-order valence-electron chi connectivity index (χ4n) is 0.637. The summed E-state index contributed by atoms with van der Waals surface area (Å²) in [6.45, 7) is 0.843. The lowest BCUT2D eigenvalue weighted by atomic mass is 10.4. The highest BCUT2D eigenvalue weighted by Gasteiger charge is 1.80. The van der Waals surface area contributed by atoms with Crippen LogP contribution in [0, 0.1) is 0 Å². The van der Waals surface area contributed by atoms with Gasteiger partial charge in [-0.25, -0.2) is 0 Å². The first-order chi connectivity index (χ1) is 7.31. The summed E-state index contributed by atoms with van der Waals surface area (Å²) in [6, 6.07) is 0. The van der Waals surface area contributed by atoms with Crippen molar-refractivity contribution in [3.63, 3.8) is 0 Å². The average Bonchev–Trinajstić information content (AvgIpc) is 2.26. The molecule has 0 aliphatic carbocycles. The molecule has 0 fully saturated rings. The number of nitrogens with two attached hydrogens (primary N) is 1. The van der Waals surface area contributed by atoms with Gasteiger partial charge in [0.1, 0.15) is 6.67 Å². The van der Waals surface area contributed by atoms with Crippen LogP contribution in [0.2, 0.25) is 0 Å².